The molecule has 0 spiro atoms. The summed E-state index contributed by atoms with van der Waals surface area (Å²) in [6.45, 7) is -1.34. The topological polar surface area (TPSA) is 511 Å². The fourth-order valence-corrected chi connectivity index (χ4v) is 7.06. The first kappa shape index (κ1) is 54.5. The fourth-order valence-electron chi connectivity index (χ4n) is 7.06. The third-order valence-corrected chi connectivity index (χ3v) is 10.9. The summed E-state index contributed by atoms with van der Waals surface area (Å²) in [5.74, 6) is -30.4. The minimum Gasteiger partial charge on any atom is -0.504 e. The number of benzene rings is 6. The number of rotatable bonds is 13. The van der Waals surface area contributed by atoms with Gasteiger partial charge in [0.05, 0.1) is 33.4 Å². The van der Waals surface area contributed by atoms with Gasteiger partial charge in [-0.05, 0) is 72.8 Å². The quantitative estimate of drug-likeness (QED) is 0.0341. The number of ether oxygens (including phenoxy) is 7. The summed E-state index contributed by atoms with van der Waals surface area (Å²) in [5, 5.41) is 172. The molecule has 0 aromatic heterocycles. The lowest BCUT2D eigenvalue weighted by atomic mass is 9.97. The van der Waals surface area contributed by atoms with Gasteiger partial charge in [0.15, 0.2) is 110 Å². The van der Waals surface area contributed by atoms with Crippen molar-refractivity contribution in [1.82, 2.24) is 0 Å². The molecule has 408 valence electrons. The average Bonchev–Trinajstić information content (AvgIpc) is 3.40. The molecule has 1 aliphatic rings. The van der Waals surface area contributed by atoms with Gasteiger partial charge in [0.2, 0.25) is 18.1 Å². The summed E-state index contributed by atoms with van der Waals surface area (Å²) in [5.41, 5.74) is -4.97. The lowest BCUT2D eigenvalue weighted by Crippen LogP contribution is -2.63. The van der Waals surface area contributed by atoms with Gasteiger partial charge in [0, 0.05) is 0 Å². The number of hydrogen-bond donors (Lipinski definition) is 17. The third-order valence-electron chi connectivity index (χ3n) is 10.9. The maximum atomic E-state index is 14.5. The SMILES string of the molecule is O=C(OCC1OC(OC(=O)c2cc(O)c(O)c(O)c2)C(OC(=O)c2cc(O)c(O)c(O)c2)C(OC(=O)c2cc(O)c(O)c(OC(=O)c3cc(O)c(O)c(O)c3)c2)C1OC(=O)c1cc(O)c(O)c(O)c1)c1cc(O)c(O)c(O)c1. The van der Waals surface area contributed by atoms with Crippen molar-refractivity contribution in [3.05, 3.63) is 106 Å². The molecule has 0 bridgehead atoms. The van der Waals surface area contributed by atoms with Crippen LogP contribution < -0.4 is 4.74 Å². The minimum atomic E-state index is -2.67. The zero-order valence-electron chi connectivity index (χ0n) is 38.4. The number of phenols is 17. The number of esters is 6. The van der Waals surface area contributed by atoms with E-state index in [0.717, 1.165) is 0 Å². The van der Waals surface area contributed by atoms with Crippen molar-refractivity contribution < 1.29 is 149 Å². The van der Waals surface area contributed by atoms with Crippen molar-refractivity contribution in [2.24, 2.45) is 0 Å². The lowest BCUT2D eigenvalue weighted by Gasteiger charge is -2.43. The van der Waals surface area contributed by atoms with Crippen molar-refractivity contribution >= 4 is 35.8 Å². The summed E-state index contributed by atoms with van der Waals surface area (Å²) in [6, 6.07) is 6.34. The normalized spacial score (nSPS) is 16.7. The zero-order chi connectivity index (χ0) is 57.3. The van der Waals surface area contributed by atoms with Crippen LogP contribution in [0.25, 0.3) is 0 Å². The second-order valence-corrected chi connectivity index (χ2v) is 16.2. The maximum Gasteiger partial charge on any atom is 0.343 e. The molecule has 0 saturated carbocycles. The summed E-state index contributed by atoms with van der Waals surface area (Å²) in [6.07, 6.45) is -12.8. The highest BCUT2D eigenvalue weighted by Gasteiger charge is 2.55. The highest BCUT2D eigenvalue weighted by Crippen LogP contribution is 2.43. The Labute approximate surface area is 430 Å². The van der Waals surface area contributed by atoms with Gasteiger partial charge in [-0.2, -0.15) is 0 Å². The number of phenolic OH excluding ortho intramolecular Hbond substituents is 17. The van der Waals surface area contributed by atoms with E-state index in [9.17, 15) is 116 Å². The summed E-state index contributed by atoms with van der Waals surface area (Å²) in [4.78, 5) is 83.0. The number of aromatic hydroxyl groups is 17. The summed E-state index contributed by atoms with van der Waals surface area (Å²) in [7, 11) is 0. The number of carbonyl (C=O) groups excluding carboxylic acids is 6. The van der Waals surface area contributed by atoms with E-state index >= 15 is 0 Å². The molecule has 78 heavy (non-hydrogen) atoms. The molecule has 0 amide bonds. The van der Waals surface area contributed by atoms with Gasteiger partial charge in [-0.15, -0.1) is 0 Å². The first-order chi connectivity index (χ1) is 36.6. The van der Waals surface area contributed by atoms with Crippen molar-refractivity contribution in [3.63, 3.8) is 0 Å². The first-order valence-corrected chi connectivity index (χ1v) is 21.3. The molecular formula is C48H36O30. The Bertz CT molecular complexity index is 3340. The Morgan fingerprint density at radius 3 is 0.949 bits per heavy atom. The number of carbonyl (C=O) groups is 6. The van der Waals surface area contributed by atoms with Crippen LogP contribution in [0.2, 0.25) is 0 Å². The van der Waals surface area contributed by atoms with Crippen LogP contribution in [0.4, 0.5) is 0 Å². The molecule has 7 rings (SSSR count). The molecule has 1 fully saturated rings. The molecule has 30 nitrogen and oxygen atoms in total. The highest BCUT2D eigenvalue weighted by atomic mass is 16.7. The predicted molar refractivity (Wildman–Crippen MR) is 244 cm³/mol. The minimum absolute atomic E-state index is 0.446. The molecule has 17 N–H and O–H groups in total. The molecular weight excluding hydrogens is 1060 g/mol. The summed E-state index contributed by atoms with van der Waals surface area (Å²) < 4.78 is 38.6. The van der Waals surface area contributed by atoms with Gasteiger partial charge in [-0.1, -0.05) is 0 Å². The van der Waals surface area contributed by atoms with E-state index in [0.29, 0.717) is 72.8 Å². The van der Waals surface area contributed by atoms with Gasteiger partial charge in [0.1, 0.15) is 12.7 Å². The Morgan fingerprint density at radius 2 is 0.590 bits per heavy atom. The lowest BCUT2D eigenvalue weighted by molar-refractivity contribution is -0.282. The molecule has 1 saturated heterocycles. The van der Waals surface area contributed by atoms with E-state index in [1.165, 1.54) is 0 Å². The van der Waals surface area contributed by atoms with Gasteiger partial charge in [-0.3, -0.25) is 0 Å². The fraction of sp³-hybridized carbons (Fsp3) is 0.125. The Hall–Kier alpha value is -11.3. The van der Waals surface area contributed by atoms with Crippen LogP contribution in [0, 0.1) is 0 Å². The van der Waals surface area contributed by atoms with Crippen LogP contribution in [0.1, 0.15) is 62.1 Å². The van der Waals surface area contributed by atoms with E-state index in [1.807, 2.05) is 0 Å². The molecule has 1 aliphatic heterocycles. The third kappa shape index (κ3) is 11.1. The van der Waals surface area contributed by atoms with Crippen molar-refractivity contribution in [1.29, 1.82) is 0 Å². The Kier molecular flexibility index (Phi) is 14.9. The maximum absolute atomic E-state index is 14.5. The van der Waals surface area contributed by atoms with Crippen molar-refractivity contribution in [3.8, 4) is 103 Å². The molecule has 0 aliphatic carbocycles. The average molecular weight is 1090 g/mol. The molecule has 30 heteroatoms. The standard InChI is InChI=1S/C48H36O30/c49-20-1-14(2-21(50)33(20)60)42(66)72-13-32-39(75-44(68)16-5-24(53)35(62)25(54)6-16)40(76-46(70)19-11-30(59)38(65)31(12-19)73-43(67)15-3-22(51)34(61)23(52)4-15)41(77-45(69)17-7-26(55)36(63)27(56)8-17)48(74-32)78-47(71)18-9-28(57)37(64)29(58)10-18/h1-12,32,39-41,48-65H,13H2. The van der Waals surface area contributed by atoms with Crippen LogP contribution in [0.3, 0.4) is 0 Å². The molecule has 5 atom stereocenters. The molecule has 6 aromatic rings. The summed E-state index contributed by atoms with van der Waals surface area (Å²) >= 11 is 0. The van der Waals surface area contributed by atoms with E-state index in [-0.39, 0.29) is 0 Å². The van der Waals surface area contributed by atoms with Crippen LogP contribution >= 0.6 is 0 Å². The van der Waals surface area contributed by atoms with Gasteiger partial charge in [0.25, 0.3) is 0 Å². The number of hydrogen-bond acceptors (Lipinski definition) is 30. The zero-order valence-corrected chi connectivity index (χ0v) is 38.4. The van der Waals surface area contributed by atoms with Gasteiger partial charge in [-0.25, -0.2) is 28.8 Å². The van der Waals surface area contributed by atoms with E-state index in [1.54, 1.807) is 0 Å². The predicted octanol–water partition coefficient (Wildman–Crippen LogP) is 2.32. The second-order valence-electron chi connectivity index (χ2n) is 16.2. The monoisotopic (exact) mass is 1090 g/mol. The first-order valence-electron chi connectivity index (χ1n) is 21.3. The van der Waals surface area contributed by atoms with Crippen LogP contribution in [-0.2, 0) is 28.4 Å². The van der Waals surface area contributed by atoms with Gasteiger partial charge < -0.3 is 120 Å². The largest absolute Gasteiger partial charge is 0.504 e. The Balaban J connectivity index is 1.39. The Morgan fingerprint density at radius 1 is 0.321 bits per heavy atom. The van der Waals surface area contributed by atoms with Crippen molar-refractivity contribution in [2.75, 3.05) is 6.61 Å². The van der Waals surface area contributed by atoms with E-state index in [4.69, 9.17) is 33.2 Å². The van der Waals surface area contributed by atoms with Crippen LogP contribution in [-0.4, -0.2) is 160 Å². The molecule has 5 unspecified atom stereocenters. The van der Waals surface area contributed by atoms with Crippen molar-refractivity contribution in [2.45, 2.75) is 30.7 Å². The smallest absolute Gasteiger partial charge is 0.343 e. The second kappa shape index (κ2) is 21.3. The molecule has 0 radical (unpaired) electrons. The van der Waals surface area contributed by atoms with Crippen LogP contribution in [0.5, 0.6) is 103 Å². The highest BCUT2D eigenvalue weighted by molar-refractivity contribution is 5.96. The molecule has 1 heterocycles. The van der Waals surface area contributed by atoms with E-state index < -0.39 is 210 Å². The van der Waals surface area contributed by atoms with Gasteiger partial charge >= 0.3 is 35.8 Å². The van der Waals surface area contributed by atoms with Crippen LogP contribution in [0.15, 0.2) is 72.8 Å². The van der Waals surface area contributed by atoms with E-state index in [2.05, 4.69) is 0 Å². The molecule has 6 aromatic carbocycles.